The maximum atomic E-state index is 11.2. The van der Waals surface area contributed by atoms with Gasteiger partial charge in [0.2, 0.25) is 0 Å². The van der Waals surface area contributed by atoms with Gasteiger partial charge in [-0.2, -0.15) is 10.5 Å². The van der Waals surface area contributed by atoms with Crippen molar-refractivity contribution in [1.29, 1.82) is 10.5 Å². The van der Waals surface area contributed by atoms with Crippen LogP contribution in [0.3, 0.4) is 0 Å². The molecule has 0 aliphatic heterocycles. The molecule has 1 N–H and O–H groups in total. The summed E-state index contributed by atoms with van der Waals surface area (Å²) in [5, 5.41) is 29.9. The third kappa shape index (κ3) is 2.47. The molecule has 1 atom stereocenters. The topological polar surface area (TPSA) is 67.8 Å². The Balaban J connectivity index is 2.12. The van der Waals surface area contributed by atoms with Gasteiger partial charge in [0.05, 0.1) is 11.6 Å². The Kier molecular flexibility index (Phi) is 3.63. The summed E-state index contributed by atoms with van der Waals surface area (Å²) in [5.74, 6) is 5.80. The van der Waals surface area contributed by atoms with Crippen molar-refractivity contribution in [3.8, 4) is 24.0 Å². The molecule has 2 aromatic carbocycles. The minimum Gasteiger partial charge on any atom is -0.372 e. The Morgan fingerprint density at radius 2 is 1.52 bits per heavy atom. The lowest BCUT2D eigenvalue weighted by atomic mass is 9.79. The monoisotopic (exact) mass is 298 g/mol. The minimum atomic E-state index is -1.54. The van der Waals surface area contributed by atoms with Gasteiger partial charge in [-0.3, -0.25) is 0 Å². The maximum Gasteiger partial charge on any atom is 0.169 e. The van der Waals surface area contributed by atoms with Crippen molar-refractivity contribution in [3.63, 3.8) is 0 Å². The van der Waals surface area contributed by atoms with Gasteiger partial charge >= 0.3 is 0 Å². The van der Waals surface area contributed by atoms with Gasteiger partial charge < -0.3 is 5.11 Å². The quantitative estimate of drug-likeness (QED) is 0.866. The average molecular weight is 298 g/mol. The molecule has 1 aliphatic rings. The molecule has 0 aromatic heterocycles. The Morgan fingerprint density at radius 3 is 2.09 bits per heavy atom. The summed E-state index contributed by atoms with van der Waals surface area (Å²) in [5.41, 5.74) is -0.787. The Morgan fingerprint density at radius 1 is 0.913 bits per heavy atom. The van der Waals surface area contributed by atoms with Crippen molar-refractivity contribution in [3.05, 3.63) is 71.3 Å². The van der Waals surface area contributed by atoms with Crippen LogP contribution < -0.4 is 0 Å². The van der Waals surface area contributed by atoms with Gasteiger partial charge in [-0.1, -0.05) is 54.3 Å². The molecule has 2 aromatic rings. The van der Waals surface area contributed by atoms with Crippen LogP contribution in [0.1, 0.15) is 29.5 Å². The predicted molar refractivity (Wildman–Crippen MR) is 85.7 cm³/mol. The molecule has 0 bridgehead atoms. The number of hydrogen-bond acceptors (Lipinski definition) is 3. The highest BCUT2D eigenvalue weighted by Gasteiger charge is 2.60. The second kappa shape index (κ2) is 5.62. The summed E-state index contributed by atoms with van der Waals surface area (Å²) < 4.78 is 0. The van der Waals surface area contributed by atoms with E-state index in [4.69, 9.17) is 5.26 Å². The van der Waals surface area contributed by atoms with E-state index in [9.17, 15) is 10.4 Å². The first-order chi connectivity index (χ1) is 11.1. The summed E-state index contributed by atoms with van der Waals surface area (Å²) in [7, 11) is 0. The molecule has 3 nitrogen and oxygen atoms in total. The number of nitrogens with zero attached hydrogens (tertiary/aromatic N) is 2. The molecule has 0 amide bonds. The van der Waals surface area contributed by atoms with Crippen molar-refractivity contribution in [2.75, 3.05) is 0 Å². The molecule has 0 unspecified atom stereocenters. The molecular weight excluding hydrogens is 284 g/mol. The lowest BCUT2D eigenvalue weighted by Gasteiger charge is -2.27. The summed E-state index contributed by atoms with van der Waals surface area (Å²) >= 11 is 0. The van der Waals surface area contributed by atoms with Crippen LogP contribution >= 0.6 is 0 Å². The summed E-state index contributed by atoms with van der Waals surface area (Å²) in [6.07, 6.45) is 1.23. The Hall–Kier alpha value is -3.06. The standard InChI is InChI=1S/C20H14N2O/c21-14-17-7-5-4-6-16(17)10-11-20(23,19(15-22)12-13-19)18-8-2-1-3-9-18/h1-9,23H,12-13H2/t20-/m1/s1. The summed E-state index contributed by atoms with van der Waals surface area (Å²) in [4.78, 5) is 0. The van der Waals surface area contributed by atoms with Crippen LogP contribution in [0.5, 0.6) is 0 Å². The van der Waals surface area contributed by atoms with E-state index in [1.807, 2.05) is 18.2 Å². The normalized spacial score (nSPS) is 16.8. The highest BCUT2D eigenvalue weighted by Crippen LogP contribution is 2.57. The maximum absolute atomic E-state index is 11.2. The zero-order valence-electron chi connectivity index (χ0n) is 12.5. The van der Waals surface area contributed by atoms with Gasteiger partial charge in [-0.05, 0) is 30.5 Å². The molecule has 23 heavy (non-hydrogen) atoms. The molecule has 0 heterocycles. The van der Waals surface area contributed by atoms with Crippen molar-refractivity contribution in [2.45, 2.75) is 18.4 Å². The van der Waals surface area contributed by atoms with Gasteiger partial charge in [-0.15, -0.1) is 0 Å². The molecule has 3 rings (SSSR count). The van der Waals surface area contributed by atoms with Crippen molar-refractivity contribution in [2.24, 2.45) is 5.41 Å². The van der Waals surface area contributed by atoms with E-state index >= 15 is 0 Å². The van der Waals surface area contributed by atoms with Crippen LogP contribution in [0.15, 0.2) is 54.6 Å². The van der Waals surface area contributed by atoms with Crippen LogP contribution in [-0.2, 0) is 5.60 Å². The van der Waals surface area contributed by atoms with E-state index in [1.165, 1.54) is 0 Å². The van der Waals surface area contributed by atoms with E-state index in [0.717, 1.165) is 0 Å². The Labute approximate surface area is 135 Å². The Bertz CT molecular complexity index is 874. The second-order valence-electron chi connectivity index (χ2n) is 5.68. The molecule has 3 heteroatoms. The van der Waals surface area contributed by atoms with Gasteiger partial charge in [0.25, 0.3) is 0 Å². The van der Waals surface area contributed by atoms with Crippen LogP contribution in [-0.4, -0.2) is 5.11 Å². The van der Waals surface area contributed by atoms with E-state index < -0.39 is 11.0 Å². The number of hydrogen-bond donors (Lipinski definition) is 1. The predicted octanol–water partition coefficient (Wildman–Crippen LogP) is 3.10. The van der Waals surface area contributed by atoms with E-state index in [-0.39, 0.29) is 0 Å². The smallest absolute Gasteiger partial charge is 0.169 e. The third-order valence-electron chi connectivity index (χ3n) is 4.27. The highest BCUT2D eigenvalue weighted by molar-refractivity contribution is 5.51. The lowest BCUT2D eigenvalue weighted by Crippen LogP contribution is -2.34. The molecule has 0 spiro atoms. The molecule has 110 valence electrons. The van der Waals surface area contributed by atoms with Gasteiger partial charge in [0.15, 0.2) is 5.60 Å². The number of benzene rings is 2. The van der Waals surface area contributed by atoms with Crippen LogP contribution in [0.2, 0.25) is 0 Å². The third-order valence-corrected chi connectivity index (χ3v) is 4.27. The molecule has 0 radical (unpaired) electrons. The molecule has 1 aliphatic carbocycles. The second-order valence-corrected chi connectivity index (χ2v) is 5.68. The number of nitriles is 2. The minimum absolute atomic E-state index is 0.456. The van der Waals surface area contributed by atoms with Crippen LogP contribution in [0.25, 0.3) is 0 Å². The fourth-order valence-corrected chi connectivity index (χ4v) is 2.67. The number of rotatable bonds is 2. The van der Waals surface area contributed by atoms with Gasteiger partial charge in [-0.25, -0.2) is 0 Å². The van der Waals surface area contributed by atoms with Crippen molar-refractivity contribution >= 4 is 0 Å². The van der Waals surface area contributed by atoms with Crippen LogP contribution in [0.4, 0.5) is 0 Å². The number of aliphatic hydroxyl groups is 1. The first-order valence-corrected chi connectivity index (χ1v) is 7.37. The van der Waals surface area contributed by atoms with E-state index in [1.54, 1.807) is 36.4 Å². The van der Waals surface area contributed by atoms with Gasteiger partial charge in [0, 0.05) is 5.56 Å². The SMILES string of the molecule is N#Cc1ccccc1C#C[C@@](O)(c1ccccc1)C1(C#N)CC1. The summed E-state index contributed by atoms with van der Waals surface area (Å²) in [6.45, 7) is 0. The molecule has 1 fully saturated rings. The molecular formula is C20H14N2O. The van der Waals surface area contributed by atoms with Crippen molar-refractivity contribution < 1.29 is 5.11 Å². The summed E-state index contributed by atoms with van der Waals surface area (Å²) in [6, 6.07) is 20.4. The lowest BCUT2D eigenvalue weighted by molar-refractivity contribution is 0.0456. The zero-order chi connectivity index (χ0) is 16.3. The molecule has 0 saturated heterocycles. The first-order valence-electron chi connectivity index (χ1n) is 7.37. The van der Waals surface area contributed by atoms with Crippen LogP contribution in [0, 0.1) is 39.9 Å². The largest absolute Gasteiger partial charge is 0.372 e. The van der Waals surface area contributed by atoms with E-state index in [0.29, 0.717) is 29.5 Å². The zero-order valence-corrected chi connectivity index (χ0v) is 12.5. The van der Waals surface area contributed by atoms with E-state index in [2.05, 4.69) is 24.0 Å². The van der Waals surface area contributed by atoms with Gasteiger partial charge in [0.1, 0.15) is 11.5 Å². The molecule has 1 saturated carbocycles. The first kappa shape index (κ1) is 14.9. The highest BCUT2D eigenvalue weighted by atomic mass is 16.3. The average Bonchev–Trinajstić information content (AvgIpc) is 3.42. The van der Waals surface area contributed by atoms with Crippen molar-refractivity contribution in [1.82, 2.24) is 0 Å². The fourth-order valence-electron chi connectivity index (χ4n) is 2.67. The fraction of sp³-hybridized carbons (Fsp3) is 0.200.